The topological polar surface area (TPSA) is 77.0 Å². The molecule has 162 valence electrons. The van der Waals surface area contributed by atoms with Crippen molar-refractivity contribution in [3.05, 3.63) is 89.5 Å². The highest BCUT2D eigenvalue weighted by Gasteiger charge is 2.14. The molecule has 0 saturated carbocycles. The fraction of sp³-hybridized carbons (Fsp3) is 0.208. The average Bonchev–Trinajstić information content (AvgIpc) is 2.75. The molecule has 3 aromatic rings. The molecule has 0 aromatic heterocycles. The van der Waals surface area contributed by atoms with Crippen LogP contribution in [0.1, 0.15) is 23.6 Å². The molecule has 31 heavy (non-hydrogen) atoms. The number of aryl methyl sites for hydroxylation is 1. The molecule has 0 aliphatic carbocycles. The summed E-state index contributed by atoms with van der Waals surface area (Å²) in [4.78, 5) is 5.18. The second kappa shape index (κ2) is 10.6. The van der Waals surface area contributed by atoms with Gasteiger partial charge in [0.2, 0.25) is 0 Å². The summed E-state index contributed by atoms with van der Waals surface area (Å²) in [6, 6.07) is 21.6. The number of hydrogen-bond acceptors (Lipinski definition) is 5. The van der Waals surface area contributed by atoms with Crippen LogP contribution in [0.4, 0.5) is 5.69 Å². The molecule has 7 heteroatoms. The maximum absolute atomic E-state index is 12.6. The van der Waals surface area contributed by atoms with Gasteiger partial charge in [-0.1, -0.05) is 47.6 Å². The Bertz CT molecular complexity index is 1110. The summed E-state index contributed by atoms with van der Waals surface area (Å²) in [7, 11) is -3.65. The molecule has 3 aromatic carbocycles. The highest BCUT2D eigenvalue weighted by molar-refractivity contribution is 7.92. The molecule has 0 saturated heterocycles. The Morgan fingerprint density at radius 2 is 1.74 bits per heavy atom. The lowest BCUT2D eigenvalue weighted by Gasteiger charge is -2.12. The molecule has 0 spiro atoms. The van der Waals surface area contributed by atoms with Crippen LogP contribution in [0.2, 0.25) is 0 Å². The van der Waals surface area contributed by atoms with Crippen LogP contribution in [0.15, 0.2) is 82.8 Å². The zero-order valence-corrected chi connectivity index (χ0v) is 18.4. The van der Waals surface area contributed by atoms with Crippen molar-refractivity contribution < 1.29 is 18.0 Å². The van der Waals surface area contributed by atoms with Gasteiger partial charge in [0.15, 0.2) is 0 Å². The number of benzene rings is 3. The Kier molecular flexibility index (Phi) is 7.67. The van der Waals surface area contributed by atoms with Crippen molar-refractivity contribution in [1.29, 1.82) is 0 Å². The van der Waals surface area contributed by atoms with Crippen LogP contribution in [0.3, 0.4) is 0 Å². The minimum absolute atomic E-state index is 0.216. The molecule has 0 atom stereocenters. The molecule has 0 unspecified atom stereocenters. The molecule has 0 radical (unpaired) electrons. The van der Waals surface area contributed by atoms with Crippen LogP contribution in [-0.4, -0.2) is 27.8 Å². The summed E-state index contributed by atoms with van der Waals surface area (Å²) in [6.45, 7) is 4.80. The summed E-state index contributed by atoms with van der Waals surface area (Å²) >= 11 is 0. The Labute approximate surface area is 183 Å². The van der Waals surface area contributed by atoms with E-state index in [-0.39, 0.29) is 4.90 Å². The predicted octanol–water partition coefficient (Wildman–Crippen LogP) is 4.79. The van der Waals surface area contributed by atoms with Crippen LogP contribution >= 0.6 is 0 Å². The van der Waals surface area contributed by atoms with E-state index in [0.29, 0.717) is 24.7 Å². The number of nitrogens with one attached hydrogen (secondary N) is 1. The van der Waals surface area contributed by atoms with E-state index in [4.69, 9.17) is 9.57 Å². The zero-order valence-electron chi connectivity index (χ0n) is 17.6. The zero-order chi connectivity index (χ0) is 22.1. The molecule has 0 aliphatic heterocycles. The predicted molar refractivity (Wildman–Crippen MR) is 123 cm³/mol. The van der Waals surface area contributed by atoms with Crippen molar-refractivity contribution in [1.82, 2.24) is 0 Å². The van der Waals surface area contributed by atoms with Gasteiger partial charge in [-0.25, -0.2) is 8.42 Å². The van der Waals surface area contributed by atoms with Crippen molar-refractivity contribution in [2.75, 3.05) is 17.9 Å². The lowest BCUT2D eigenvalue weighted by Crippen LogP contribution is -2.13. The van der Waals surface area contributed by atoms with E-state index in [0.717, 1.165) is 23.1 Å². The number of sulfonamides is 1. The average molecular weight is 439 g/mol. The largest absolute Gasteiger partial charge is 0.493 e. The smallest absolute Gasteiger partial charge is 0.261 e. The van der Waals surface area contributed by atoms with Gasteiger partial charge in [0.1, 0.15) is 12.4 Å². The van der Waals surface area contributed by atoms with Crippen molar-refractivity contribution >= 4 is 21.9 Å². The first-order valence-corrected chi connectivity index (χ1v) is 11.5. The highest BCUT2D eigenvalue weighted by atomic mass is 32.2. The summed E-state index contributed by atoms with van der Waals surface area (Å²) in [6.07, 6.45) is 2.40. The van der Waals surface area contributed by atoms with Gasteiger partial charge in [-0.3, -0.25) is 4.72 Å². The van der Waals surface area contributed by atoms with Gasteiger partial charge in [-0.2, -0.15) is 0 Å². The standard InChI is InChI=1S/C24H26N2O4S/c1-3-30-25-18-21-11-9-20(10-12-21)13-14-29-23-16-19(2)15-22(17-23)26-31(27,28)24-7-5-4-6-8-24/h4-12,15-18,26H,3,13-14H2,1-2H3/b25-18+. The van der Waals surface area contributed by atoms with Gasteiger partial charge >= 0.3 is 0 Å². The molecule has 0 heterocycles. The normalized spacial score (nSPS) is 11.4. The van der Waals surface area contributed by atoms with Gasteiger partial charge in [-0.15, -0.1) is 0 Å². The second-order valence-corrected chi connectivity index (χ2v) is 8.63. The fourth-order valence-corrected chi connectivity index (χ4v) is 4.00. The highest BCUT2D eigenvalue weighted by Crippen LogP contribution is 2.23. The van der Waals surface area contributed by atoms with Crippen LogP contribution in [0.5, 0.6) is 5.75 Å². The third-order valence-electron chi connectivity index (χ3n) is 4.40. The fourth-order valence-electron chi connectivity index (χ4n) is 2.93. The van der Waals surface area contributed by atoms with E-state index in [1.165, 1.54) is 0 Å². The van der Waals surface area contributed by atoms with Crippen molar-refractivity contribution in [3.63, 3.8) is 0 Å². The quantitative estimate of drug-likeness (QED) is 0.365. The third kappa shape index (κ3) is 6.86. The van der Waals surface area contributed by atoms with Gasteiger partial charge < -0.3 is 9.57 Å². The molecular weight excluding hydrogens is 412 g/mol. The second-order valence-electron chi connectivity index (χ2n) is 6.95. The lowest BCUT2D eigenvalue weighted by atomic mass is 10.1. The number of ether oxygens (including phenoxy) is 1. The molecule has 0 amide bonds. The van der Waals surface area contributed by atoms with E-state index in [1.54, 1.807) is 48.7 Å². The summed E-state index contributed by atoms with van der Waals surface area (Å²) in [5.41, 5.74) is 3.47. The number of oxime groups is 1. The number of nitrogens with zero attached hydrogens (tertiary/aromatic N) is 1. The van der Waals surface area contributed by atoms with Gasteiger partial charge in [0.25, 0.3) is 10.0 Å². The Morgan fingerprint density at radius 3 is 2.45 bits per heavy atom. The monoisotopic (exact) mass is 438 g/mol. The molecule has 3 rings (SSSR count). The third-order valence-corrected chi connectivity index (χ3v) is 5.80. The Hall–Kier alpha value is -3.32. The molecular formula is C24H26N2O4S. The van der Waals surface area contributed by atoms with Crippen molar-refractivity contribution in [3.8, 4) is 5.75 Å². The van der Waals surface area contributed by atoms with Gasteiger partial charge in [0, 0.05) is 12.5 Å². The van der Waals surface area contributed by atoms with E-state index in [9.17, 15) is 8.42 Å². The Morgan fingerprint density at radius 1 is 1.00 bits per heavy atom. The number of rotatable bonds is 10. The van der Waals surface area contributed by atoms with Gasteiger partial charge in [-0.05, 0) is 54.8 Å². The minimum atomic E-state index is -3.65. The van der Waals surface area contributed by atoms with E-state index < -0.39 is 10.0 Å². The summed E-state index contributed by atoms with van der Waals surface area (Å²) < 4.78 is 33.6. The number of anilines is 1. The van der Waals surface area contributed by atoms with Crippen LogP contribution < -0.4 is 9.46 Å². The molecule has 0 bridgehead atoms. The molecule has 6 nitrogen and oxygen atoms in total. The van der Waals surface area contributed by atoms with Gasteiger partial charge in [0.05, 0.1) is 23.4 Å². The number of hydrogen-bond donors (Lipinski definition) is 1. The van der Waals surface area contributed by atoms with Crippen LogP contribution in [0.25, 0.3) is 0 Å². The summed E-state index contributed by atoms with van der Waals surface area (Å²) in [5.74, 6) is 0.617. The first-order valence-electron chi connectivity index (χ1n) is 10.0. The van der Waals surface area contributed by atoms with E-state index >= 15 is 0 Å². The van der Waals surface area contributed by atoms with Crippen molar-refractivity contribution in [2.45, 2.75) is 25.2 Å². The molecule has 0 aliphatic rings. The Balaban J connectivity index is 1.59. The summed E-state index contributed by atoms with van der Waals surface area (Å²) in [5, 5.41) is 3.85. The maximum Gasteiger partial charge on any atom is 0.261 e. The lowest BCUT2D eigenvalue weighted by molar-refractivity contribution is 0.160. The SMILES string of the molecule is CCO/N=C/c1ccc(CCOc2cc(C)cc(NS(=O)(=O)c3ccccc3)c2)cc1. The molecule has 0 fully saturated rings. The first-order chi connectivity index (χ1) is 15.0. The van der Waals surface area contributed by atoms with E-state index in [2.05, 4.69) is 9.88 Å². The van der Waals surface area contributed by atoms with Crippen molar-refractivity contribution in [2.24, 2.45) is 5.16 Å². The minimum Gasteiger partial charge on any atom is -0.493 e. The first kappa shape index (κ1) is 22.4. The van der Waals surface area contributed by atoms with Crippen LogP contribution in [-0.2, 0) is 21.3 Å². The molecule has 1 N–H and O–H groups in total. The maximum atomic E-state index is 12.6. The van der Waals surface area contributed by atoms with Crippen LogP contribution in [0, 0.1) is 6.92 Å². The van der Waals surface area contributed by atoms with E-state index in [1.807, 2.05) is 44.2 Å².